The zero-order valence-corrected chi connectivity index (χ0v) is 21.6. The first-order valence-electron chi connectivity index (χ1n) is 11.7. The summed E-state index contributed by atoms with van der Waals surface area (Å²) in [6, 6.07) is 0. The number of carbonyl (C=O) groups excluding carboxylic acids is 2. The number of hydrogen-bond donors (Lipinski definition) is 1. The van der Waals surface area contributed by atoms with Crippen molar-refractivity contribution in [2.75, 3.05) is 33.3 Å². The summed E-state index contributed by atoms with van der Waals surface area (Å²) in [4.78, 5) is 24.1. The first kappa shape index (κ1) is 27.0. The molecule has 0 saturated heterocycles. The van der Waals surface area contributed by atoms with Gasteiger partial charge in [-0.1, -0.05) is 32.3 Å². The summed E-state index contributed by atoms with van der Waals surface area (Å²) < 4.78 is 26.0. The first-order chi connectivity index (χ1) is 15.5. The predicted molar refractivity (Wildman–Crippen MR) is 128 cm³/mol. The van der Waals surface area contributed by atoms with Gasteiger partial charge in [0, 0.05) is 18.9 Å². The molecule has 0 radical (unpaired) electrons. The van der Waals surface area contributed by atoms with Crippen LogP contribution in [-0.4, -0.2) is 70.4 Å². The lowest BCUT2D eigenvalue weighted by Gasteiger charge is -2.41. The molecule has 1 amide bonds. The molecular weight excluding hydrogens is 444 g/mol. The van der Waals surface area contributed by atoms with Crippen molar-refractivity contribution in [2.24, 2.45) is 0 Å². The number of hydrogen-bond acceptors (Lipinski definition) is 8. The molecule has 0 spiro atoms. The number of likely N-dealkylation sites (N-methyl/N-ethyl adjacent to an activating group) is 1. The molecule has 2 heterocycles. The summed E-state index contributed by atoms with van der Waals surface area (Å²) >= 11 is 1.15. The Labute approximate surface area is 201 Å². The predicted octanol–water partition coefficient (Wildman–Crippen LogP) is 4.14. The van der Waals surface area contributed by atoms with Crippen molar-refractivity contribution in [1.29, 1.82) is 0 Å². The molecule has 1 aliphatic rings. The fraction of sp³-hybridized carbons (Fsp3) is 0.739. The second kappa shape index (κ2) is 12.3. The van der Waals surface area contributed by atoms with Gasteiger partial charge in [0.25, 0.3) is 5.88 Å². The van der Waals surface area contributed by atoms with Gasteiger partial charge in [0.1, 0.15) is 24.4 Å². The van der Waals surface area contributed by atoms with Crippen LogP contribution in [0.5, 0.6) is 5.88 Å². The normalized spacial score (nSPS) is 19.4. The number of alkyl carbamates (subject to hydrolysis) is 1. The minimum Gasteiger partial charge on any atom is -0.475 e. The molecule has 1 N–H and O–H groups in total. The maximum atomic E-state index is 12.3. The zero-order chi connectivity index (χ0) is 24.5. The molecule has 1 aromatic heterocycles. The Hall–Kier alpha value is -2.20. The molecule has 33 heavy (non-hydrogen) atoms. The summed E-state index contributed by atoms with van der Waals surface area (Å²) in [5, 5.41) is 2.44. The number of nitrogens with one attached hydrogen (secondary N) is 1. The highest BCUT2D eigenvalue weighted by Crippen LogP contribution is 2.31. The van der Waals surface area contributed by atoms with Crippen LogP contribution in [0.1, 0.15) is 72.4 Å². The summed E-state index contributed by atoms with van der Waals surface area (Å²) in [5.74, 6) is 0.0812. The second-order valence-electron chi connectivity index (χ2n) is 9.65. The van der Waals surface area contributed by atoms with E-state index in [-0.39, 0.29) is 6.54 Å². The fourth-order valence-electron chi connectivity index (χ4n) is 3.53. The Morgan fingerprint density at radius 2 is 2.00 bits per heavy atom. The van der Waals surface area contributed by atoms with Gasteiger partial charge >= 0.3 is 12.1 Å². The SMILES string of the molecule is CCCCCCOc1nsnc1C1=CCC[N+](C)(C(C)OC(=O)CNC(=O)OC(C)(C)C)C1. The lowest BCUT2D eigenvalue weighted by Crippen LogP contribution is -2.55. The van der Waals surface area contributed by atoms with Crippen LogP contribution in [0.4, 0.5) is 4.79 Å². The van der Waals surface area contributed by atoms with E-state index in [2.05, 4.69) is 34.1 Å². The molecule has 2 rings (SSSR count). The standard InChI is InChI=1S/C23H38N4O5S/c1-7-8-9-10-14-30-21-20(25-33-26-21)18-12-11-13-27(6,16-18)17(2)31-19(28)15-24-22(29)32-23(3,4)5/h12,17H,7-11,13-16H2,1-6H3/p+1. The van der Waals surface area contributed by atoms with Gasteiger partial charge in [-0.05, 0) is 27.2 Å². The molecule has 2 atom stereocenters. The van der Waals surface area contributed by atoms with Crippen LogP contribution in [0, 0.1) is 0 Å². The number of quaternary nitrogens is 1. The van der Waals surface area contributed by atoms with Crippen molar-refractivity contribution in [1.82, 2.24) is 14.1 Å². The van der Waals surface area contributed by atoms with Crippen molar-refractivity contribution >= 4 is 29.4 Å². The quantitative estimate of drug-likeness (QED) is 0.287. The molecule has 1 aliphatic heterocycles. The van der Waals surface area contributed by atoms with Crippen molar-refractivity contribution in [3.05, 3.63) is 11.8 Å². The lowest BCUT2D eigenvalue weighted by atomic mass is 10.0. The van der Waals surface area contributed by atoms with E-state index in [1.165, 1.54) is 12.8 Å². The average molecular weight is 484 g/mol. The van der Waals surface area contributed by atoms with Crippen LogP contribution in [-0.2, 0) is 14.3 Å². The number of rotatable bonds is 11. The number of ether oxygens (including phenoxy) is 3. The van der Waals surface area contributed by atoms with Gasteiger partial charge in [-0.2, -0.15) is 4.37 Å². The molecule has 0 aliphatic carbocycles. The van der Waals surface area contributed by atoms with Gasteiger partial charge in [0.2, 0.25) is 6.23 Å². The molecule has 0 aromatic carbocycles. The van der Waals surface area contributed by atoms with Gasteiger partial charge in [-0.3, -0.25) is 4.48 Å². The van der Waals surface area contributed by atoms with Gasteiger partial charge in [-0.25, -0.2) is 9.59 Å². The lowest BCUT2D eigenvalue weighted by molar-refractivity contribution is -0.944. The van der Waals surface area contributed by atoms with E-state index in [0.29, 0.717) is 23.5 Å². The molecule has 10 heteroatoms. The summed E-state index contributed by atoms with van der Waals surface area (Å²) in [6.45, 7) is 11.2. The smallest absolute Gasteiger partial charge is 0.408 e. The second-order valence-corrected chi connectivity index (χ2v) is 10.2. The molecule has 2 unspecified atom stereocenters. The van der Waals surface area contributed by atoms with Crippen LogP contribution in [0.3, 0.4) is 0 Å². The molecule has 186 valence electrons. The number of esters is 1. The highest BCUT2D eigenvalue weighted by atomic mass is 32.1. The molecule has 1 aromatic rings. The third-order valence-corrected chi connectivity index (χ3v) is 6.03. The maximum Gasteiger partial charge on any atom is 0.408 e. The number of nitrogens with zero attached hydrogens (tertiary/aromatic N) is 3. The van der Waals surface area contributed by atoms with Crippen molar-refractivity contribution in [3.63, 3.8) is 0 Å². The Morgan fingerprint density at radius 3 is 2.70 bits per heavy atom. The van der Waals surface area contributed by atoms with Crippen LogP contribution in [0.25, 0.3) is 5.57 Å². The average Bonchev–Trinajstić information content (AvgIpc) is 3.19. The topological polar surface area (TPSA) is 99.6 Å². The van der Waals surface area contributed by atoms with Gasteiger partial charge in [0.15, 0.2) is 0 Å². The third-order valence-electron chi connectivity index (χ3n) is 5.52. The van der Waals surface area contributed by atoms with Gasteiger partial charge in [-0.15, -0.1) is 4.37 Å². The van der Waals surface area contributed by atoms with E-state index in [1.807, 2.05) is 6.92 Å². The molecule has 0 saturated carbocycles. The minimum atomic E-state index is -0.644. The van der Waals surface area contributed by atoms with E-state index in [9.17, 15) is 9.59 Å². The van der Waals surface area contributed by atoms with Crippen molar-refractivity contribution < 1.29 is 28.3 Å². The third kappa shape index (κ3) is 8.92. The van der Waals surface area contributed by atoms with Crippen molar-refractivity contribution in [3.8, 4) is 5.88 Å². The summed E-state index contributed by atoms with van der Waals surface area (Å²) in [7, 11) is 2.05. The zero-order valence-electron chi connectivity index (χ0n) is 20.8. The van der Waals surface area contributed by atoms with E-state index < -0.39 is 23.9 Å². The molecule has 9 nitrogen and oxygen atoms in total. The van der Waals surface area contributed by atoms with Crippen LogP contribution in [0.15, 0.2) is 6.08 Å². The monoisotopic (exact) mass is 483 g/mol. The number of unbranched alkanes of at least 4 members (excludes halogenated alkanes) is 3. The number of aromatic nitrogens is 2. The Morgan fingerprint density at radius 1 is 1.24 bits per heavy atom. The number of amides is 1. The van der Waals surface area contributed by atoms with Crippen LogP contribution >= 0.6 is 11.7 Å². The summed E-state index contributed by atoms with van der Waals surface area (Å²) in [6.07, 6.45) is 6.50. The van der Waals surface area contributed by atoms with Crippen LogP contribution in [0.2, 0.25) is 0 Å². The highest BCUT2D eigenvalue weighted by Gasteiger charge is 2.36. The Bertz CT molecular complexity index is 820. The van der Waals surface area contributed by atoms with E-state index in [4.69, 9.17) is 14.2 Å². The fourth-order valence-corrected chi connectivity index (χ4v) is 4.07. The van der Waals surface area contributed by atoms with Gasteiger partial charge < -0.3 is 19.5 Å². The minimum absolute atomic E-state index is 0.242. The maximum absolute atomic E-state index is 12.3. The molecule has 0 fully saturated rings. The Balaban J connectivity index is 1.90. The highest BCUT2D eigenvalue weighted by molar-refractivity contribution is 6.99. The van der Waals surface area contributed by atoms with E-state index in [0.717, 1.165) is 48.8 Å². The van der Waals surface area contributed by atoms with Crippen molar-refractivity contribution in [2.45, 2.75) is 78.6 Å². The van der Waals surface area contributed by atoms with Crippen LogP contribution < -0.4 is 10.1 Å². The largest absolute Gasteiger partial charge is 0.475 e. The molecule has 0 bridgehead atoms. The molecular formula is C23H39N4O5S+. The first-order valence-corrected chi connectivity index (χ1v) is 12.4. The Kier molecular flexibility index (Phi) is 10.1. The van der Waals surface area contributed by atoms with Gasteiger partial charge in [0.05, 0.1) is 31.9 Å². The summed E-state index contributed by atoms with van der Waals surface area (Å²) in [5.41, 5.74) is 1.21. The van der Waals surface area contributed by atoms with E-state index >= 15 is 0 Å². The van der Waals surface area contributed by atoms with E-state index in [1.54, 1.807) is 20.8 Å². The number of carbonyl (C=O) groups is 2.